The molecule has 4 heterocycles. The van der Waals surface area contributed by atoms with Crippen LogP contribution in [0.1, 0.15) is 51.9 Å². The number of aromatic nitrogens is 1. The summed E-state index contributed by atoms with van der Waals surface area (Å²) in [5.74, 6) is 1.82. The molecule has 0 radical (unpaired) electrons. The van der Waals surface area contributed by atoms with Crippen LogP contribution in [0.15, 0.2) is 35.4 Å². The molecule has 9 nitrogen and oxygen atoms in total. The minimum absolute atomic E-state index is 0.268. The molecule has 1 saturated carbocycles. The molecule has 5 rings (SSSR count). The van der Waals surface area contributed by atoms with Gasteiger partial charge in [0.1, 0.15) is 22.9 Å². The van der Waals surface area contributed by atoms with Crippen molar-refractivity contribution in [2.75, 3.05) is 30.0 Å². The maximum Gasteiger partial charge on any atom is 0.305 e. The third kappa shape index (κ3) is 3.68. The van der Waals surface area contributed by atoms with Crippen molar-refractivity contribution in [3.05, 3.63) is 40.3 Å². The number of nitroso groups, excluding NO2 is 1. The van der Waals surface area contributed by atoms with Gasteiger partial charge in [-0.1, -0.05) is 19.3 Å². The highest BCUT2D eigenvalue weighted by molar-refractivity contribution is 5.63. The van der Waals surface area contributed by atoms with Gasteiger partial charge in [-0.15, -0.1) is 0 Å². The molecule has 1 atom stereocenters. The third-order valence-corrected chi connectivity index (χ3v) is 7.25. The Balaban J connectivity index is 1.45. The number of anilines is 2. The maximum atomic E-state index is 13.4. The van der Waals surface area contributed by atoms with E-state index in [-0.39, 0.29) is 6.04 Å². The smallest absolute Gasteiger partial charge is 0.305 e. The van der Waals surface area contributed by atoms with Gasteiger partial charge in [-0.2, -0.15) is 4.98 Å². The second kappa shape index (κ2) is 8.61. The number of nitrogens with one attached hydrogen (secondary N) is 2. The number of rotatable bonds is 4. The molecule has 4 N–H and O–H groups in total. The van der Waals surface area contributed by atoms with Crippen LogP contribution in [0.3, 0.4) is 0 Å². The number of fused-ring (bicyclic) bond motifs is 1. The molecule has 1 aromatic heterocycles. The average molecular weight is 441 g/mol. The summed E-state index contributed by atoms with van der Waals surface area (Å²) in [7, 11) is 1.63. The van der Waals surface area contributed by atoms with E-state index < -0.39 is 6.17 Å². The molecular formula is C23H34N7O2+. The molecule has 9 heteroatoms. The Morgan fingerprint density at radius 2 is 1.88 bits per heavy atom. The van der Waals surface area contributed by atoms with Crippen molar-refractivity contribution >= 4 is 11.5 Å². The Hall–Kier alpha value is -2.81. The van der Waals surface area contributed by atoms with E-state index in [1.165, 1.54) is 19.3 Å². The van der Waals surface area contributed by atoms with Gasteiger partial charge in [-0.25, -0.2) is 0 Å². The number of piperidine rings is 1. The highest BCUT2D eigenvalue weighted by Crippen LogP contribution is 2.39. The van der Waals surface area contributed by atoms with E-state index in [1.807, 2.05) is 30.2 Å². The van der Waals surface area contributed by atoms with Crippen LogP contribution in [0.2, 0.25) is 0 Å². The van der Waals surface area contributed by atoms with Crippen molar-refractivity contribution < 1.29 is 9.50 Å². The van der Waals surface area contributed by atoms with Gasteiger partial charge in [0.2, 0.25) is 5.88 Å². The maximum absolute atomic E-state index is 13.4. The van der Waals surface area contributed by atoms with Crippen LogP contribution in [0.5, 0.6) is 5.88 Å². The molecule has 2 fully saturated rings. The third-order valence-electron chi connectivity index (χ3n) is 7.25. The fraction of sp³-hybridized carbons (Fsp3) is 0.609. The average Bonchev–Trinajstić information content (AvgIpc) is 3.26. The van der Waals surface area contributed by atoms with Crippen molar-refractivity contribution in [3.8, 4) is 5.88 Å². The predicted molar refractivity (Wildman–Crippen MR) is 124 cm³/mol. The number of hydrogen-bond donors (Lipinski definition) is 3. The fourth-order valence-electron chi connectivity index (χ4n) is 5.31. The van der Waals surface area contributed by atoms with E-state index in [4.69, 9.17) is 15.5 Å². The molecular weight excluding hydrogens is 406 g/mol. The molecule has 172 valence electrons. The second-order valence-electron chi connectivity index (χ2n) is 9.28. The summed E-state index contributed by atoms with van der Waals surface area (Å²) >= 11 is 0. The first-order valence-corrected chi connectivity index (χ1v) is 11.9. The van der Waals surface area contributed by atoms with E-state index >= 15 is 0 Å². The summed E-state index contributed by atoms with van der Waals surface area (Å²) in [5, 5.41) is 0. The molecule has 0 spiro atoms. The summed E-state index contributed by atoms with van der Waals surface area (Å²) < 4.78 is 6.78. The lowest BCUT2D eigenvalue weighted by Gasteiger charge is -2.32. The first kappa shape index (κ1) is 21.1. The molecule has 32 heavy (non-hydrogen) atoms. The summed E-state index contributed by atoms with van der Waals surface area (Å²) in [6.45, 7) is 3.70. The zero-order valence-corrected chi connectivity index (χ0v) is 19.0. The van der Waals surface area contributed by atoms with Gasteiger partial charge < -0.3 is 15.4 Å². The van der Waals surface area contributed by atoms with Gasteiger partial charge in [0.25, 0.3) is 6.17 Å². The first-order valence-electron chi connectivity index (χ1n) is 11.9. The lowest BCUT2D eigenvalue weighted by atomic mass is 9.86. The summed E-state index contributed by atoms with van der Waals surface area (Å²) in [5.41, 5.74) is 15.9. The van der Waals surface area contributed by atoms with E-state index in [0.717, 1.165) is 72.1 Å². The van der Waals surface area contributed by atoms with Crippen molar-refractivity contribution in [1.29, 1.82) is 0 Å². The van der Waals surface area contributed by atoms with Crippen molar-refractivity contribution in [2.24, 2.45) is 11.7 Å². The zero-order chi connectivity index (χ0) is 22.2. The Bertz CT molecular complexity index is 946. The van der Waals surface area contributed by atoms with Crippen LogP contribution in [-0.2, 0) is 0 Å². The molecule has 0 aromatic carbocycles. The lowest BCUT2D eigenvalue weighted by molar-refractivity contribution is -0.533. The molecule has 0 bridgehead atoms. The van der Waals surface area contributed by atoms with Gasteiger partial charge in [0.05, 0.1) is 11.9 Å². The number of hydrazine groups is 1. The predicted octanol–water partition coefficient (Wildman–Crippen LogP) is 2.70. The van der Waals surface area contributed by atoms with Gasteiger partial charge in [0, 0.05) is 43.1 Å². The number of pyridine rings is 1. The topological polar surface area (TPSA) is 98.8 Å². The van der Waals surface area contributed by atoms with Gasteiger partial charge in [-0.05, 0) is 37.8 Å². The van der Waals surface area contributed by atoms with E-state index in [1.54, 1.807) is 7.11 Å². The summed E-state index contributed by atoms with van der Waals surface area (Å²) in [4.78, 5) is 22.4. The van der Waals surface area contributed by atoms with Crippen molar-refractivity contribution in [1.82, 2.24) is 15.8 Å². The number of allylic oxidation sites excluding steroid dienone is 1. The molecule has 1 saturated heterocycles. The van der Waals surface area contributed by atoms with Crippen LogP contribution in [0.25, 0.3) is 0 Å². The Morgan fingerprint density at radius 3 is 2.59 bits per heavy atom. The number of nitrogens with two attached hydrogens (primary N) is 1. The molecule has 4 aliphatic rings. The quantitative estimate of drug-likeness (QED) is 0.615. The largest absolute Gasteiger partial charge is 0.479 e. The normalized spacial score (nSPS) is 24.8. The first-order chi connectivity index (χ1) is 15.6. The Labute approximate surface area is 189 Å². The van der Waals surface area contributed by atoms with Gasteiger partial charge in [0.15, 0.2) is 0 Å². The second-order valence-corrected chi connectivity index (χ2v) is 9.28. The fourth-order valence-corrected chi connectivity index (χ4v) is 5.31. The van der Waals surface area contributed by atoms with Gasteiger partial charge in [-0.3, -0.25) is 15.8 Å². The minimum Gasteiger partial charge on any atom is -0.479 e. The van der Waals surface area contributed by atoms with Crippen LogP contribution in [0.4, 0.5) is 11.5 Å². The Morgan fingerprint density at radius 1 is 1.12 bits per heavy atom. The number of nitrogens with zero attached hydrogens (tertiary/aromatic N) is 4. The molecule has 1 unspecified atom stereocenters. The molecule has 1 aliphatic carbocycles. The SMILES string of the molecule is COc1nc(N2CCC(N)CC2)ccc1N1C=C2NNC(C3CCCCC3)=C2[N+](=O)C1C. The highest BCUT2D eigenvalue weighted by atomic mass is 16.5. The molecule has 3 aliphatic heterocycles. The lowest BCUT2D eigenvalue weighted by Crippen LogP contribution is -2.42. The van der Waals surface area contributed by atoms with E-state index in [2.05, 4.69) is 15.8 Å². The molecule has 1 aromatic rings. The zero-order valence-electron chi connectivity index (χ0n) is 19.0. The summed E-state index contributed by atoms with van der Waals surface area (Å²) in [6, 6.07) is 4.27. The van der Waals surface area contributed by atoms with Crippen LogP contribution in [-0.4, -0.2) is 42.2 Å². The number of methoxy groups -OCH3 is 1. The molecule has 0 amide bonds. The monoisotopic (exact) mass is 440 g/mol. The van der Waals surface area contributed by atoms with E-state index in [0.29, 0.717) is 11.8 Å². The van der Waals surface area contributed by atoms with Crippen LogP contribution in [0, 0.1) is 10.8 Å². The van der Waals surface area contributed by atoms with Crippen molar-refractivity contribution in [3.63, 3.8) is 0 Å². The number of ether oxygens (including phenoxy) is 1. The highest BCUT2D eigenvalue weighted by Gasteiger charge is 2.46. The van der Waals surface area contributed by atoms with Crippen LogP contribution >= 0.6 is 0 Å². The van der Waals surface area contributed by atoms with Gasteiger partial charge >= 0.3 is 5.70 Å². The minimum atomic E-state index is -0.413. The Kier molecular flexibility index (Phi) is 5.67. The van der Waals surface area contributed by atoms with E-state index in [9.17, 15) is 4.91 Å². The summed E-state index contributed by atoms with van der Waals surface area (Å²) in [6.07, 6.45) is 9.50. The number of hydrogen-bond acceptors (Lipinski definition) is 8. The standard InChI is InChI=1S/C23H34N7O2/c1-15-29(14-18-22(30(15)31)21(27-26-18)16-6-4-3-5-7-16)19-8-9-20(25-23(19)32-2)28-12-10-17(24)11-13-28/h8-9,14-17,26-27H,3-7,10-13,24H2,1-2H3/q+1. The van der Waals surface area contributed by atoms with Crippen molar-refractivity contribution in [2.45, 2.75) is 64.1 Å². The van der Waals surface area contributed by atoms with Crippen LogP contribution < -0.4 is 31.1 Å².